The number of amides is 1. The van der Waals surface area contributed by atoms with Crippen LogP contribution < -0.4 is 19.5 Å². The van der Waals surface area contributed by atoms with E-state index in [1.54, 1.807) is 12.1 Å². The minimum Gasteiger partial charge on any atom is -0.490 e. The highest BCUT2D eigenvalue weighted by Crippen LogP contribution is 2.39. The number of hydrogen-bond donors (Lipinski definition) is 2. The van der Waals surface area contributed by atoms with Gasteiger partial charge in [0.2, 0.25) is 5.75 Å². The van der Waals surface area contributed by atoms with Crippen molar-refractivity contribution in [2.45, 2.75) is 46.5 Å². The molecule has 0 aliphatic rings. The van der Waals surface area contributed by atoms with E-state index in [-0.39, 0.29) is 12.3 Å². The smallest absolute Gasteiger partial charge is 0.303 e. The Bertz CT molecular complexity index is 560. The van der Waals surface area contributed by atoms with Crippen molar-refractivity contribution in [2.75, 3.05) is 26.4 Å². The maximum absolute atomic E-state index is 12.4. The van der Waals surface area contributed by atoms with Gasteiger partial charge in [-0.3, -0.25) is 9.59 Å². The normalized spacial score (nSPS) is 10.3. The van der Waals surface area contributed by atoms with Crippen molar-refractivity contribution in [3.8, 4) is 17.2 Å². The molecule has 0 saturated heterocycles. The lowest BCUT2D eigenvalue weighted by Crippen LogP contribution is -2.24. The molecule has 0 aromatic heterocycles. The number of hydrogen-bond acceptors (Lipinski definition) is 5. The molecule has 0 radical (unpaired) electrons. The van der Waals surface area contributed by atoms with E-state index in [0.29, 0.717) is 55.6 Å². The second-order valence-electron chi connectivity index (χ2n) is 5.56. The largest absolute Gasteiger partial charge is 0.490 e. The summed E-state index contributed by atoms with van der Waals surface area (Å²) in [6.07, 6.45) is 2.25. The van der Waals surface area contributed by atoms with Gasteiger partial charge in [0.25, 0.3) is 5.91 Å². The minimum absolute atomic E-state index is 0.155. The highest BCUT2D eigenvalue weighted by Gasteiger charge is 2.18. The summed E-state index contributed by atoms with van der Waals surface area (Å²) in [6, 6.07) is 3.30. The van der Waals surface area contributed by atoms with Crippen LogP contribution in [0.1, 0.15) is 56.8 Å². The number of carbonyl (C=O) groups is 2. The Morgan fingerprint density at radius 3 is 2.00 bits per heavy atom. The Morgan fingerprint density at radius 2 is 1.50 bits per heavy atom. The molecule has 1 aromatic rings. The van der Waals surface area contributed by atoms with E-state index in [9.17, 15) is 9.59 Å². The quantitative estimate of drug-likeness (QED) is 0.520. The van der Waals surface area contributed by atoms with E-state index in [1.807, 2.05) is 20.8 Å². The van der Waals surface area contributed by atoms with E-state index in [2.05, 4.69) is 5.32 Å². The molecule has 0 atom stereocenters. The summed E-state index contributed by atoms with van der Waals surface area (Å²) in [5.41, 5.74) is 0.436. The van der Waals surface area contributed by atoms with Crippen molar-refractivity contribution < 1.29 is 28.9 Å². The van der Waals surface area contributed by atoms with Gasteiger partial charge >= 0.3 is 5.97 Å². The highest BCUT2D eigenvalue weighted by molar-refractivity contribution is 5.95. The SMILES string of the molecule is CCOc1cc(C(=O)NCCCCCC(=O)O)cc(OCC)c1OCC. The van der Waals surface area contributed by atoms with Crippen LogP contribution >= 0.6 is 0 Å². The zero-order valence-corrected chi connectivity index (χ0v) is 15.8. The fraction of sp³-hybridized carbons (Fsp3) is 0.579. The molecule has 0 bridgehead atoms. The van der Waals surface area contributed by atoms with Gasteiger partial charge in [-0.25, -0.2) is 0 Å². The second-order valence-corrected chi connectivity index (χ2v) is 5.56. The minimum atomic E-state index is -0.796. The molecule has 1 aromatic carbocycles. The number of aliphatic carboxylic acids is 1. The standard InChI is InChI=1S/C19H29NO6/c1-4-24-15-12-14(13-16(25-5-2)18(15)26-6-3)19(23)20-11-9-7-8-10-17(21)22/h12-13H,4-11H2,1-3H3,(H,20,23)(H,21,22). The molecule has 2 N–H and O–H groups in total. The maximum atomic E-state index is 12.4. The van der Waals surface area contributed by atoms with Crippen LogP contribution in [0.4, 0.5) is 0 Å². The van der Waals surface area contributed by atoms with Crippen LogP contribution in [0.5, 0.6) is 17.2 Å². The summed E-state index contributed by atoms with van der Waals surface area (Å²) in [6.45, 7) is 7.43. The molecule has 0 aliphatic carbocycles. The first-order valence-corrected chi connectivity index (χ1v) is 9.09. The number of rotatable bonds is 13. The highest BCUT2D eigenvalue weighted by atomic mass is 16.5. The molecule has 146 valence electrons. The van der Waals surface area contributed by atoms with Gasteiger partial charge in [-0.15, -0.1) is 0 Å². The topological polar surface area (TPSA) is 94.1 Å². The van der Waals surface area contributed by atoms with Gasteiger partial charge in [0, 0.05) is 18.5 Å². The van der Waals surface area contributed by atoms with E-state index < -0.39 is 5.97 Å². The molecule has 7 heteroatoms. The summed E-state index contributed by atoms with van der Waals surface area (Å²) in [4.78, 5) is 22.9. The molecule has 26 heavy (non-hydrogen) atoms. The number of unbranched alkanes of at least 4 members (excludes halogenated alkanes) is 2. The molecule has 1 amide bonds. The van der Waals surface area contributed by atoms with Gasteiger partial charge in [0.05, 0.1) is 19.8 Å². The molecule has 0 unspecified atom stereocenters. The summed E-state index contributed by atoms with van der Waals surface area (Å²) >= 11 is 0. The lowest BCUT2D eigenvalue weighted by molar-refractivity contribution is -0.137. The number of nitrogens with one attached hydrogen (secondary N) is 1. The molecular formula is C19H29NO6. The molecular weight excluding hydrogens is 338 g/mol. The van der Waals surface area contributed by atoms with Crippen LogP contribution in [0.3, 0.4) is 0 Å². The molecule has 0 aliphatic heterocycles. The number of carboxylic acids is 1. The van der Waals surface area contributed by atoms with Crippen LogP contribution in [0.15, 0.2) is 12.1 Å². The molecule has 0 saturated carbocycles. The third-order valence-electron chi connectivity index (χ3n) is 3.52. The van der Waals surface area contributed by atoms with E-state index in [4.69, 9.17) is 19.3 Å². The summed E-state index contributed by atoms with van der Waals surface area (Å²) in [5.74, 6) is 0.434. The van der Waals surface area contributed by atoms with Crippen molar-refractivity contribution in [1.82, 2.24) is 5.32 Å². The van der Waals surface area contributed by atoms with Gasteiger partial charge in [-0.2, -0.15) is 0 Å². The first-order valence-electron chi connectivity index (χ1n) is 9.09. The van der Waals surface area contributed by atoms with Crippen LogP contribution in [-0.4, -0.2) is 43.3 Å². The van der Waals surface area contributed by atoms with Crippen molar-refractivity contribution in [3.05, 3.63) is 17.7 Å². The Morgan fingerprint density at radius 1 is 0.923 bits per heavy atom. The first-order chi connectivity index (χ1) is 12.5. The van der Waals surface area contributed by atoms with Gasteiger partial charge in [0.1, 0.15) is 0 Å². The predicted molar refractivity (Wildman–Crippen MR) is 98.4 cm³/mol. The monoisotopic (exact) mass is 367 g/mol. The first kappa shape index (κ1) is 21.6. The van der Waals surface area contributed by atoms with E-state index in [0.717, 1.165) is 12.8 Å². The van der Waals surface area contributed by atoms with Crippen LogP contribution in [-0.2, 0) is 4.79 Å². The van der Waals surface area contributed by atoms with Crippen molar-refractivity contribution in [2.24, 2.45) is 0 Å². The second kappa shape index (κ2) is 12.0. The van der Waals surface area contributed by atoms with Gasteiger partial charge in [0.15, 0.2) is 11.5 Å². The Balaban J connectivity index is 2.77. The Labute approximate surface area is 154 Å². The zero-order valence-electron chi connectivity index (χ0n) is 15.8. The van der Waals surface area contributed by atoms with Gasteiger partial charge in [-0.1, -0.05) is 6.42 Å². The fourth-order valence-corrected chi connectivity index (χ4v) is 2.40. The third-order valence-corrected chi connectivity index (χ3v) is 3.52. The molecule has 1 rings (SSSR count). The summed E-state index contributed by atoms with van der Waals surface area (Å²) in [7, 11) is 0. The summed E-state index contributed by atoms with van der Waals surface area (Å²) in [5, 5.41) is 11.4. The predicted octanol–water partition coefficient (Wildman–Crippen LogP) is 3.26. The van der Waals surface area contributed by atoms with E-state index >= 15 is 0 Å². The van der Waals surface area contributed by atoms with Crippen LogP contribution in [0.2, 0.25) is 0 Å². The summed E-state index contributed by atoms with van der Waals surface area (Å²) < 4.78 is 16.8. The maximum Gasteiger partial charge on any atom is 0.303 e. The van der Waals surface area contributed by atoms with Gasteiger partial charge < -0.3 is 24.6 Å². The molecule has 0 fully saturated rings. The molecule has 0 heterocycles. The van der Waals surface area contributed by atoms with Gasteiger partial charge in [-0.05, 0) is 45.7 Å². The van der Waals surface area contributed by atoms with Crippen molar-refractivity contribution >= 4 is 11.9 Å². The Hall–Kier alpha value is -2.44. The van der Waals surface area contributed by atoms with E-state index in [1.165, 1.54) is 0 Å². The molecule has 7 nitrogen and oxygen atoms in total. The zero-order chi connectivity index (χ0) is 19.4. The average molecular weight is 367 g/mol. The lowest BCUT2D eigenvalue weighted by Gasteiger charge is -2.17. The number of carboxylic acid groups (broad SMARTS) is 1. The van der Waals surface area contributed by atoms with Crippen LogP contribution in [0, 0.1) is 0 Å². The van der Waals surface area contributed by atoms with Crippen LogP contribution in [0.25, 0.3) is 0 Å². The van der Waals surface area contributed by atoms with Crippen molar-refractivity contribution in [3.63, 3.8) is 0 Å². The Kier molecular flexibility index (Phi) is 9.97. The third kappa shape index (κ3) is 7.21. The molecule has 0 spiro atoms. The number of ether oxygens (including phenoxy) is 3. The average Bonchev–Trinajstić information content (AvgIpc) is 2.60. The fourth-order valence-electron chi connectivity index (χ4n) is 2.40. The van der Waals surface area contributed by atoms with Crippen molar-refractivity contribution in [1.29, 1.82) is 0 Å². The number of carbonyl (C=O) groups excluding carboxylic acids is 1. The number of benzene rings is 1. The lowest BCUT2D eigenvalue weighted by atomic mass is 10.1.